The van der Waals surface area contributed by atoms with Crippen LogP contribution in [0.4, 0.5) is 4.39 Å². The van der Waals surface area contributed by atoms with E-state index in [4.69, 9.17) is 31.5 Å². The zero-order chi connectivity index (χ0) is 25.6. The smallest absolute Gasteiger partial charge is 0.163 e. The van der Waals surface area contributed by atoms with Crippen LogP contribution in [0.3, 0.4) is 0 Å². The fourth-order valence-electron chi connectivity index (χ4n) is 3.52. The summed E-state index contributed by atoms with van der Waals surface area (Å²) in [6, 6.07) is 12.4. The van der Waals surface area contributed by atoms with Crippen LogP contribution in [0.1, 0.15) is 35.8 Å². The van der Waals surface area contributed by atoms with Gasteiger partial charge in [0.15, 0.2) is 17.3 Å². The lowest BCUT2D eigenvalue weighted by Crippen LogP contribution is -2.24. The van der Waals surface area contributed by atoms with E-state index in [-0.39, 0.29) is 23.6 Å². The van der Waals surface area contributed by atoms with E-state index in [0.29, 0.717) is 52.9 Å². The van der Waals surface area contributed by atoms with Gasteiger partial charge in [-0.25, -0.2) is 9.37 Å². The molecule has 0 aliphatic rings. The molecule has 0 saturated heterocycles. The van der Waals surface area contributed by atoms with E-state index in [2.05, 4.69) is 4.98 Å². The summed E-state index contributed by atoms with van der Waals surface area (Å²) in [5.74, 6) is 0.639. The van der Waals surface area contributed by atoms with Gasteiger partial charge in [0.1, 0.15) is 29.5 Å². The molecule has 0 saturated carbocycles. The molecule has 0 spiro atoms. The second-order valence-electron chi connectivity index (χ2n) is 8.08. The predicted molar refractivity (Wildman–Crippen MR) is 132 cm³/mol. The number of methoxy groups -OCH3 is 2. The Morgan fingerprint density at radius 2 is 1.80 bits per heavy atom. The molecule has 3 aromatic rings. The molecule has 0 bridgehead atoms. The number of pyridine rings is 1. The number of ketones is 1. The molecule has 0 aliphatic heterocycles. The van der Waals surface area contributed by atoms with Crippen LogP contribution in [0.2, 0.25) is 5.02 Å². The summed E-state index contributed by atoms with van der Waals surface area (Å²) in [6.07, 6.45) is 0.174. The maximum absolute atomic E-state index is 13.6. The van der Waals surface area contributed by atoms with Crippen molar-refractivity contribution in [1.29, 1.82) is 0 Å². The number of Topliss-reactive ketones (excluding diaryl/α,β-unsaturated/α-hetero) is 1. The van der Waals surface area contributed by atoms with Crippen molar-refractivity contribution in [2.24, 2.45) is 5.73 Å². The zero-order valence-corrected chi connectivity index (χ0v) is 20.6. The molecule has 1 heterocycles. The van der Waals surface area contributed by atoms with Crippen molar-refractivity contribution in [1.82, 2.24) is 4.98 Å². The van der Waals surface area contributed by atoms with Crippen molar-refractivity contribution >= 4 is 17.4 Å². The molecular weight excluding hydrogens is 475 g/mol. The highest BCUT2D eigenvalue weighted by Gasteiger charge is 2.28. The quantitative estimate of drug-likeness (QED) is 0.364. The first-order chi connectivity index (χ1) is 16.7. The van der Waals surface area contributed by atoms with Gasteiger partial charge >= 0.3 is 0 Å². The highest BCUT2D eigenvalue weighted by atomic mass is 35.5. The Hall–Kier alpha value is -3.20. The minimum absolute atomic E-state index is 0.0519. The molecule has 35 heavy (non-hydrogen) atoms. The summed E-state index contributed by atoms with van der Waals surface area (Å²) in [6.45, 7) is 2.27. The number of aliphatic hydroxyl groups is 1. The van der Waals surface area contributed by atoms with Gasteiger partial charge in [0.25, 0.3) is 0 Å². The SMILES string of the molecule is COc1cc(C(=O)CCC(C)(O)c2ccc(OC)c(-c3ccc(F)c(Cl)c3)n2)ccc1OCCN. The molecule has 1 atom stereocenters. The van der Waals surface area contributed by atoms with Crippen LogP contribution >= 0.6 is 11.6 Å². The molecule has 3 N–H and O–H groups in total. The summed E-state index contributed by atoms with van der Waals surface area (Å²) in [4.78, 5) is 17.4. The van der Waals surface area contributed by atoms with Gasteiger partial charge in [-0.05, 0) is 61.9 Å². The van der Waals surface area contributed by atoms with Gasteiger partial charge in [0, 0.05) is 24.1 Å². The number of carbonyl (C=O) groups excluding carboxylic acids is 1. The Balaban J connectivity index is 1.80. The number of nitrogens with two attached hydrogens (primary N) is 1. The third-order valence-corrected chi connectivity index (χ3v) is 5.81. The number of carbonyl (C=O) groups is 1. The molecule has 0 aliphatic carbocycles. The molecule has 9 heteroatoms. The average Bonchev–Trinajstić information content (AvgIpc) is 2.87. The summed E-state index contributed by atoms with van der Waals surface area (Å²) in [5.41, 5.74) is 5.75. The number of hydrogen-bond donors (Lipinski definition) is 2. The fourth-order valence-corrected chi connectivity index (χ4v) is 3.70. The normalized spacial score (nSPS) is 12.7. The Kier molecular flexibility index (Phi) is 8.67. The number of nitrogens with zero attached hydrogens (tertiary/aromatic N) is 1. The monoisotopic (exact) mass is 502 g/mol. The van der Waals surface area contributed by atoms with Gasteiger partial charge in [-0.15, -0.1) is 0 Å². The van der Waals surface area contributed by atoms with Gasteiger partial charge in [-0.1, -0.05) is 11.6 Å². The maximum Gasteiger partial charge on any atom is 0.163 e. The minimum atomic E-state index is -1.42. The van der Waals surface area contributed by atoms with Gasteiger partial charge in [-0.2, -0.15) is 0 Å². The van der Waals surface area contributed by atoms with E-state index in [9.17, 15) is 14.3 Å². The second kappa shape index (κ2) is 11.5. The Labute approximate surface area is 208 Å². The average molecular weight is 503 g/mol. The molecule has 0 amide bonds. The van der Waals surface area contributed by atoms with Crippen LogP contribution in [-0.2, 0) is 5.60 Å². The van der Waals surface area contributed by atoms with Crippen molar-refractivity contribution < 1.29 is 28.5 Å². The number of ether oxygens (including phenoxy) is 3. The second-order valence-corrected chi connectivity index (χ2v) is 8.48. The first-order valence-corrected chi connectivity index (χ1v) is 11.4. The largest absolute Gasteiger partial charge is 0.494 e. The lowest BCUT2D eigenvalue weighted by Gasteiger charge is -2.24. The van der Waals surface area contributed by atoms with Crippen molar-refractivity contribution in [2.45, 2.75) is 25.4 Å². The van der Waals surface area contributed by atoms with E-state index in [0.717, 1.165) is 0 Å². The molecule has 0 fully saturated rings. The van der Waals surface area contributed by atoms with Crippen LogP contribution in [0.5, 0.6) is 17.2 Å². The highest BCUT2D eigenvalue weighted by molar-refractivity contribution is 6.31. The minimum Gasteiger partial charge on any atom is -0.494 e. The van der Waals surface area contributed by atoms with Crippen molar-refractivity contribution in [3.05, 3.63) is 70.6 Å². The lowest BCUT2D eigenvalue weighted by atomic mass is 9.92. The van der Waals surface area contributed by atoms with Gasteiger partial charge < -0.3 is 25.1 Å². The number of aromatic nitrogens is 1. The molecule has 3 rings (SSSR count). The van der Waals surface area contributed by atoms with E-state index < -0.39 is 11.4 Å². The van der Waals surface area contributed by atoms with Crippen LogP contribution in [-0.4, -0.2) is 43.2 Å². The van der Waals surface area contributed by atoms with Crippen LogP contribution in [0.15, 0.2) is 48.5 Å². The number of halogens is 2. The molecular formula is C26H28ClFN2O5. The zero-order valence-electron chi connectivity index (χ0n) is 19.8. The molecule has 1 unspecified atom stereocenters. The van der Waals surface area contributed by atoms with Crippen molar-refractivity contribution in [2.75, 3.05) is 27.4 Å². The molecule has 1 aromatic heterocycles. The maximum atomic E-state index is 13.6. The van der Waals surface area contributed by atoms with Crippen LogP contribution in [0, 0.1) is 5.82 Å². The fraction of sp³-hybridized carbons (Fsp3) is 0.308. The van der Waals surface area contributed by atoms with Crippen molar-refractivity contribution in [3.8, 4) is 28.5 Å². The molecule has 7 nitrogen and oxygen atoms in total. The predicted octanol–water partition coefficient (Wildman–Crippen LogP) is 4.77. The van der Waals surface area contributed by atoms with Gasteiger partial charge in [0.05, 0.1) is 24.9 Å². The number of rotatable bonds is 11. The Morgan fingerprint density at radius 3 is 2.46 bits per heavy atom. The number of benzene rings is 2. The van der Waals surface area contributed by atoms with E-state index in [1.54, 1.807) is 37.3 Å². The summed E-state index contributed by atoms with van der Waals surface area (Å²) < 4.78 is 29.9. The molecule has 0 radical (unpaired) electrons. The summed E-state index contributed by atoms with van der Waals surface area (Å²) in [7, 11) is 2.98. The van der Waals surface area contributed by atoms with Crippen LogP contribution in [0.25, 0.3) is 11.3 Å². The molecule has 2 aromatic carbocycles. The Morgan fingerprint density at radius 1 is 1.09 bits per heavy atom. The van der Waals surface area contributed by atoms with Gasteiger partial charge in [0.2, 0.25) is 0 Å². The highest BCUT2D eigenvalue weighted by Crippen LogP contribution is 2.35. The standard InChI is InChI=1S/C26H28ClFN2O5/c1-26(32,11-10-20(31)16-5-7-21(35-13-12-29)23(15-16)34-3)24-9-8-22(33-2)25(30-24)17-4-6-19(28)18(27)14-17/h4-9,14-15,32H,10-13,29H2,1-3H3. The topological polar surface area (TPSA) is 104 Å². The molecule has 186 valence electrons. The van der Waals surface area contributed by atoms with Gasteiger partial charge in [-0.3, -0.25) is 4.79 Å². The third kappa shape index (κ3) is 6.28. The summed E-state index contributed by atoms with van der Waals surface area (Å²) >= 11 is 5.94. The first kappa shape index (κ1) is 26.4. The van der Waals surface area contributed by atoms with E-state index >= 15 is 0 Å². The Bertz CT molecular complexity index is 1200. The third-order valence-electron chi connectivity index (χ3n) is 5.52. The summed E-state index contributed by atoms with van der Waals surface area (Å²) in [5, 5.41) is 11.1. The first-order valence-electron chi connectivity index (χ1n) is 11.0. The van der Waals surface area contributed by atoms with E-state index in [1.807, 2.05) is 0 Å². The number of hydrogen-bond acceptors (Lipinski definition) is 7. The van der Waals surface area contributed by atoms with E-state index in [1.165, 1.54) is 32.4 Å². The van der Waals surface area contributed by atoms with Crippen LogP contribution < -0.4 is 19.9 Å². The van der Waals surface area contributed by atoms with Crippen molar-refractivity contribution in [3.63, 3.8) is 0 Å². The lowest BCUT2D eigenvalue weighted by molar-refractivity contribution is 0.0397.